The number of anilines is 1. The normalized spacial score (nSPS) is 18.7. The number of likely N-dealkylation sites (N-methyl/N-ethyl adjacent to an activating group) is 1. The molecule has 2 rings (SSSR count). The molecule has 1 saturated carbocycles. The Hall–Kier alpha value is -1.49. The number of carbonyl (C=O) groups excluding carboxylic acids is 1. The highest BCUT2D eigenvalue weighted by Gasteiger charge is 2.38. The first-order valence-electron chi connectivity index (χ1n) is 5.97. The maximum absolute atomic E-state index is 12.3. The van der Waals surface area contributed by atoms with Crippen LogP contribution in [0.4, 0.5) is 5.95 Å². The molecule has 5 heteroatoms. The van der Waals surface area contributed by atoms with E-state index in [-0.39, 0.29) is 5.91 Å². The van der Waals surface area contributed by atoms with E-state index in [9.17, 15) is 4.79 Å². The van der Waals surface area contributed by atoms with E-state index in [0.717, 1.165) is 32.1 Å². The minimum atomic E-state index is -0.730. The van der Waals surface area contributed by atoms with E-state index in [1.54, 1.807) is 25.5 Å². The van der Waals surface area contributed by atoms with Gasteiger partial charge in [0.05, 0.1) is 5.54 Å². The van der Waals surface area contributed by atoms with E-state index in [0.29, 0.717) is 5.95 Å². The van der Waals surface area contributed by atoms with Crippen LogP contribution in [0.3, 0.4) is 0 Å². The number of aromatic nitrogens is 2. The second-order valence-corrected chi connectivity index (χ2v) is 4.63. The van der Waals surface area contributed by atoms with E-state index >= 15 is 0 Å². The molecule has 17 heavy (non-hydrogen) atoms. The predicted molar refractivity (Wildman–Crippen MR) is 65.4 cm³/mol. The minimum absolute atomic E-state index is 0.0802. The van der Waals surface area contributed by atoms with Crippen molar-refractivity contribution in [1.82, 2.24) is 9.97 Å². The molecule has 1 aromatic rings. The molecule has 1 heterocycles. The summed E-state index contributed by atoms with van der Waals surface area (Å²) < 4.78 is 0. The molecule has 0 unspecified atom stereocenters. The fourth-order valence-corrected chi connectivity index (χ4v) is 2.29. The summed E-state index contributed by atoms with van der Waals surface area (Å²) in [5, 5.41) is 0. The SMILES string of the molecule is CN(C(=O)C1(N)CCCCC1)c1ncccn1. The number of hydrogen-bond donors (Lipinski definition) is 1. The predicted octanol–water partition coefficient (Wildman–Crippen LogP) is 1.10. The molecule has 0 saturated heterocycles. The monoisotopic (exact) mass is 234 g/mol. The van der Waals surface area contributed by atoms with Crippen molar-refractivity contribution in [2.24, 2.45) is 5.73 Å². The number of nitrogens with two attached hydrogens (primary N) is 1. The van der Waals surface area contributed by atoms with Crippen molar-refractivity contribution < 1.29 is 4.79 Å². The molecule has 2 N–H and O–H groups in total. The Bertz CT molecular complexity index is 387. The lowest BCUT2D eigenvalue weighted by Gasteiger charge is -2.34. The van der Waals surface area contributed by atoms with Gasteiger partial charge in [-0.3, -0.25) is 9.69 Å². The van der Waals surface area contributed by atoms with Gasteiger partial charge in [0, 0.05) is 19.4 Å². The standard InChI is InChI=1S/C12H18N4O/c1-16(11-14-8-5-9-15-11)10(17)12(13)6-3-2-4-7-12/h5,8-9H,2-4,6-7,13H2,1H3. The number of carbonyl (C=O) groups is 1. The summed E-state index contributed by atoms with van der Waals surface area (Å²) in [5.74, 6) is 0.330. The van der Waals surface area contributed by atoms with Gasteiger partial charge in [-0.2, -0.15) is 0 Å². The third kappa shape index (κ3) is 2.44. The Kier molecular flexibility index (Phi) is 3.38. The molecular weight excluding hydrogens is 216 g/mol. The van der Waals surface area contributed by atoms with Crippen molar-refractivity contribution in [3.05, 3.63) is 18.5 Å². The average molecular weight is 234 g/mol. The van der Waals surface area contributed by atoms with Crippen molar-refractivity contribution in [3.63, 3.8) is 0 Å². The van der Waals surface area contributed by atoms with Gasteiger partial charge in [0.25, 0.3) is 0 Å². The van der Waals surface area contributed by atoms with Crippen molar-refractivity contribution in [2.45, 2.75) is 37.6 Å². The first-order valence-corrected chi connectivity index (χ1v) is 5.97. The zero-order valence-electron chi connectivity index (χ0n) is 10.1. The molecule has 1 aliphatic carbocycles. The van der Waals surface area contributed by atoms with Gasteiger partial charge in [-0.05, 0) is 18.9 Å². The highest BCUT2D eigenvalue weighted by molar-refractivity contribution is 5.98. The Morgan fingerprint density at radius 2 is 1.88 bits per heavy atom. The summed E-state index contributed by atoms with van der Waals surface area (Å²) in [6, 6.07) is 1.72. The van der Waals surface area contributed by atoms with E-state index in [4.69, 9.17) is 5.73 Å². The first-order chi connectivity index (χ1) is 8.13. The maximum Gasteiger partial charge on any atom is 0.249 e. The minimum Gasteiger partial charge on any atom is -0.317 e. The molecule has 0 atom stereocenters. The summed E-state index contributed by atoms with van der Waals surface area (Å²) in [4.78, 5) is 21.9. The zero-order chi connectivity index (χ0) is 12.3. The quantitative estimate of drug-likeness (QED) is 0.831. The number of rotatable bonds is 2. The number of hydrogen-bond acceptors (Lipinski definition) is 4. The highest BCUT2D eigenvalue weighted by atomic mass is 16.2. The fourth-order valence-electron chi connectivity index (χ4n) is 2.29. The molecule has 1 fully saturated rings. The lowest BCUT2D eigenvalue weighted by atomic mass is 9.81. The maximum atomic E-state index is 12.3. The van der Waals surface area contributed by atoms with Crippen LogP contribution in [0.15, 0.2) is 18.5 Å². The van der Waals surface area contributed by atoms with Crippen LogP contribution in [-0.2, 0) is 4.79 Å². The van der Waals surface area contributed by atoms with Gasteiger partial charge in [-0.1, -0.05) is 19.3 Å². The molecular formula is C12H18N4O. The van der Waals surface area contributed by atoms with Crippen LogP contribution in [0, 0.1) is 0 Å². The highest BCUT2D eigenvalue weighted by Crippen LogP contribution is 2.28. The van der Waals surface area contributed by atoms with Gasteiger partial charge in [0.15, 0.2) is 0 Å². The molecule has 0 aromatic carbocycles. The average Bonchev–Trinajstić information content (AvgIpc) is 2.39. The van der Waals surface area contributed by atoms with Crippen molar-refractivity contribution in [2.75, 3.05) is 11.9 Å². The molecule has 0 spiro atoms. The Morgan fingerprint density at radius 1 is 1.29 bits per heavy atom. The van der Waals surface area contributed by atoms with E-state index in [2.05, 4.69) is 9.97 Å². The van der Waals surface area contributed by atoms with Crippen molar-refractivity contribution >= 4 is 11.9 Å². The van der Waals surface area contributed by atoms with Gasteiger partial charge in [-0.25, -0.2) is 9.97 Å². The van der Waals surface area contributed by atoms with Gasteiger partial charge in [-0.15, -0.1) is 0 Å². The molecule has 0 radical (unpaired) electrons. The van der Waals surface area contributed by atoms with Crippen LogP contribution in [0.2, 0.25) is 0 Å². The summed E-state index contributed by atoms with van der Waals surface area (Å²) in [7, 11) is 1.68. The van der Waals surface area contributed by atoms with Crippen LogP contribution in [-0.4, -0.2) is 28.5 Å². The van der Waals surface area contributed by atoms with Gasteiger partial charge in [0.2, 0.25) is 11.9 Å². The first kappa shape index (κ1) is 12.0. The van der Waals surface area contributed by atoms with E-state index in [1.807, 2.05) is 0 Å². The number of amides is 1. The van der Waals surface area contributed by atoms with E-state index < -0.39 is 5.54 Å². The second-order valence-electron chi connectivity index (χ2n) is 4.63. The second kappa shape index (κ2) is 4.79. The van der Waals surface area contributed by atoms with Crippen LogP contribution >= 0.6 is 0 Å². The largest absolute Gasteiger partial charge is 0.317 e. The molecule has 92 valence electrons. The fraction of sp³-hybridized carbons (Fsp3) is 0.583. The molecule has 1 aliphatic rings. The summed E-state index contributed by atoms with van der Waals surface area (Å²) in [6.45, 7) is 0. The summed E-state index contributed by atoms with van der Waals surface area (Å²) in [5.41, 5.74) is 5.46. The van der Waals surface area contributed by atoms with Crippen LogP contribution in [0.5, 0.6) is 0 Å². The van der Waals surface area contributed by atoms with Crippen LogP contribution in [0.25, 0.3) is 0 Å². The zero-order valence-corrected chi connectivity index (χ0v) is 10.1. The molecule has 0 bridgehead atoms. The van der Waals surface area contributed by atoms with E-state index in [1.165, 1.54) is 4.90 Å². The topological polar surface area (TPSA) is 72.1 Å². The Balaban J connectivity index is 2.14. The van der Waals surface area contributed by atoms with Gasteiger partial charge < -0.3 is 5.73 Å². The van der Waals surface area contributed by atoms with Crippen LogP contribution < -0.4 is 10.6 Å². The van der Waals surface area contributed by atoms with Crippen molar-refractivity contribution in [3.8, 4) is 0 Å². The molecule has 5 nitrogen and oxygen atoms in total. The summed E-state index contributed by atoms with van der Waals surface area (Å²) in [6.07, 6.45) is 7.95. The molecule has 1 amide bonds. The van der Waals surface area contributed by atoms with Crippen molar-refractivity contribution in [1.29, 1.82) is 0 Å². The molecule has 1 aromatic heterocycles. The van der Waals surface area contributed by atoms with Gasteiger partial charge >= 0.3 is 0 Å². The Morgan fingerprint density at radius 3 is 2.47 bits per heavy atom. The third-order valence-electron chi connectivity index (χ3n) is 3.33. The lowest BCUT2D eigenvalue weighted by Crippen LogP contribution is -2.55. The smallest absolute Gasteiger partial charge is 0.249 e. The Labute approximate surface area is 101 Å². The van der Waals surface area contributed by atoms with Gasteiger partial charge in [0.1, 0.15) is 0 Å². The lowest BCUT2D eigenvalue weighted by molar-refractivity contribution is -0.124. The van der Waals surface area contributed by atoms with Crippen LogP contribution in [0.1, 0.15) is 32.1 Å². The summed E-state index contributed by atoms with van der Waals surface area (Å²) >= 11 is 0. The third-order valence-corrected chi connectivity index (χ3v) is 3.33. The number of nitrogens with zero attached hydrogens (tertiary/aromatic N) is 3. The molecule has 0 aliphatic heterocycles.